The van der Waals surface area contributed by atoms with Gasteiger partial charge in [-0.2, -0.15) is 0 Å². The van der Waals surface area contributed by atoms with Gasteiger partial charge in [-0.05, 0) is 19.3 Å². The zero-order valence-electron chi connectivity index (χ0n) is 11.4. The van der Waals surface area contributed by atoms with Gasteiger partial charge >= 0.3 is 0 Å². The van der Waals surface area contributed by atoms with E-state index in [9.17, 15) is 5.11 Å². The molecule has 0 spiro atoms. The van der Waals surface area contributed by atoms with Gasteiger partial charge in [0, 0.05) is 0 Å². The van der Waals surface area contributed by atoms with Gasteiger partial charge in [-0.1, -0.05) is 58.1 Å². The summed E-state index contributed by atoms with van der Waals surface area (Å²) in [7, 11) is 0. The molecule has 100 valence electrons. The molecule has 1 fully saturated rings. The smallest absolute Gasteiger partial charge is 0.114 e. The van der Waals surface area contributed by atoms with E-state index >= 15 is 0 Å². The molecule has 0 amide bonds. The fourth-order valence-corrected chi connectivity index (χ4v) is 2.11. The molecule has 1 rings (SSSR count). The first-order valence-electron chi connectivity index (χ1n) is 7.29. The van der Waals surface area contributed by atoms with E-state index in [-0.39, 0.29) is 18.3 Å². The highest BCUT2D eigenvalue weighted by atomic mass is 16.6. The van der Waals surface area contributed by atoms with Crippen LogP contribution in [-0.4, -0.2) is 23.4 Å². The normalized spacial score (nSPS) is 25.4. The van der Waals surface area contributed by atoms with Gasteiger partial charge in [0.15, 0.2) is 0 Å². The second-order valence-electron chi connectivity index (χ2n) is 5.05. The summed E-state index contributed by atoms with van der Waals surface area (Å²) in [5.41, 5.74) is 0. The van der Waals surface area contributed by atoms with Crippen molar-refractivity contribution in [2.24, 2.45) is 0 Å². The van der Waals surface area contributed by atoms with Crippen LogP contribution in [0.2, 0.25) is 0 Å². The third-order valence-electron chi connectivity index (χ3n) is 3.34. The number of aliphatic hydroxyl groups is 1. The molecule has 1 aliphatic heterocycles. The van der Waals surface area contributed by atoms with Crippen LogP contribution in [0.4, 0.5) is 0 Å². The third kappa shape index (κ3) is 6.23. The SMILES string of the molecule is CCCCC/C=C/[C@@H]1O[C@H]1[C@@H](O)CCCCC. The van der Waals surface area contributed by atoms with Gasteiger partial charge in [0.2, 0.25) is 0 Å². The third-order valence-corrected chi connectivity index (χ3v) is 3.34. The van der Waals surface area contributed by atoms with Crippen molar-refractivity contribution in [2.75, 3.05) is 0 Å². The lowest BCUT2D eigenvalue weighted by molar-refractivity contribution is 0.123. The highest BCUT2D eigenvalue weighted by molar-refractivity contribution is 5.05. The summed E-state index contributed by atoms with van der Waals surface area (Å²) < 4.78 is 5.48. The predicted molar refractivity (Wildman–Crippen MR) is 72.1 cm³/mol. The molecule has 0 aliphatic carbocycles. The molecule has 0 saturated carbocycles. The van der Waals surface area contributed by atoms with E-state index in [0.717, 1.165) is 19.3 Å². The number of allylic oxidation sites excluding steroid dienone is 1. The Morgan fingerprint density at radius 3 is 2.53 bits per heavy atom. The highest BCUT2D eigenvalue weighted by Crippen LogP contribution is 2.29. The molecule has 0 bridgehead atoms. The molecule has 17 heavy (non-hydrogen) atoms. The number of ether oxygens (including phenoxy) is 1. The molecule has 3 atom stereocenters. The Labute approximate surface area is 106 Å². The first-order chi connectivity index (χ1) is 8.29. The zero-order valence-corrected chi connectivity index (χ0v) is 11.4. The average Bonchev–Trinajstić information content (AvgIpc) is 3.09. The minimum atomic E-state index is -0.258. The van der Waals surface area contributed by atoms with Crippen molar-refractivity contribution in [1.82, 2.24) is 0 Å². The molecule has 1 saturated heterocycles. The zero-order chi connectivity index (χ0) is 12.5. The van der Waals surface area contributed by atoms with Crippen molar-refractivity contribution >= 4 is 0 Å². The molecule has 0 aromatic heterocycles. The van der Waals surface area contributed by atoms with Crippen LogP contribution < -0.4 is 0 Å². The number of rotatable bonds is 10. The van der Waals surface area contributed by atoms with Crippen LogP contribution >= 0.6 is 0 Å². The number of aliphatic hydroxyl groups excluding tert-OH is 1. The Bertz CT molecular complexity index is 213. The number of hydrogen-bond acceptors (Lipinski definition) is 2. The lowest BCUT2D eigenvalue weighted by Gasteiger charge is -2.05. The van der Waals surface area contributed by atoms with Gasteiger partial charge in [-0.25, -0.2) is 0 Å². The molecule has 0 unspecified atom stereocenters. The molecule has 0 aromatic rings. The lowest BCUT2D eigenvalue weighted by Crippen LogP contribution is -2.16. The molecular weight excluding hydrogens is 212 g/mol. The molecule has 1 aliphatic rings. The van der Waals surface area contributed by atoms with Crippen molar-refractivity contribution < 1.29 is 9.84 Å². The molecule has 0 radical (unpaired) electrons. The van der Waals surface area contributed by atoms with E-state index in [1.165, 1.54) is 32.1 Å². The van der Waals surface area contributed by atoms with E-state index in [1.807, 2.05) is 0 Å². The monoisotopic (exact) mass is 240 g/mol. The van der Waals surface area contributed by atoms with Gasteiger partial charge in [0.1, 0.15) is 12.2 Å². The summed E-state index contributed by atoms with van der Waals surface area (Å²) in [6, 6.07) is 0. The van der Waals surface area contributed by atoms with E-state index in [0.29, 0.717) is 0 Å². The maximum absolute atomic E-state index is 9.87. The minimum absolute atomic E-state index is 0.0780. The Kier molecular flexibility index (Phi) is 7.54. The lowest BCUT2D eigenvalue weighted by atomic mass is 10.1. The fraction of sp³-hybridized carbons (Fsp3) is 0.867. The van der Waals surface area contributed by atoms with Crippen LogP contribution in [0.5, 0.6) is 0 Å². The Balaban J connectivity index is 2.03. The summed E-state index contributed by atoms with van der Waals surface area (Å²) in [6.07, 6.45) is 13.8. The maximum atomic E-state index is 9.87. The summed E-state index contributed by atoms with van der Waals surface area (Å²) >= 11 is 0. The maximum Gasteiger partial charge on any atom is 0.114 e. The Morgan fingerprint density at radius 2 is 1.82 bits per heavy atom. The number of epoxide rings is 1. The van der Waals surface area contributed by atoms with Crippen molar-refractivity contribution in [1.29, 1.82) is 0 Å². The highest BCUT2D eigenvalue weighted by Gasteiger charge is 2.41. The minimum Gasteiger partial charge on any atom is -0.390 e. The summed E-state index contributed by atoms with van der Waals surface area (Å²) in [5.74, 6) is 0. The van der Waals surface area contributed by atoms with Crippen LogP contribution in [-0.2, 0) is 4.74 Å². The molecule has 2 heteroatoms. The van der Waals surface area contributed by atoms with E-state index in [4.69, 9.17) is 4.74 Å². The summed E-state index contributed by atoms with van der Waals surface area (Å²) in [5, 5.41) is 9.87. The average molecular weight is 240 g/mol. The second kappa shape index (κ2) is 8.71. The molecule has 1 heterocycles. The van der Waals surface area contributed by atoms with Gasteiger partial charge in [-0.15, -0.1) is 0 Å². The van der Waals surface area contributed by atoms with Crippen molar-refractivity contribution in [2.45, 2.75) is 83.5 Å². The van der Waals surface area contributed by atoms with E-state index in [2.05, 4.69) is 26.0 Å². The van der Waals surface area contributed by atoms with Crippen molar-refractivity contribution in [3.05, 3.63) is 12.2 Å². The first-order valence-corrected chi connectivity index (χ1v) is 7.29. The van der Waals surface area contributed by atoms with Crippen LogP contribution in [0.15, 0.2) is 12.2 Å². The molecule has 2 nitrogen and oxygen atoms in total. The van der Waals surface area contributed by atoms with Gasteiger partial charge in [-0.3, -0.25) is 0 Å². The molecular formula is C15H28O2. The van der Waals surface area contributed by atoms with Crippen LogP contribution in [0.25, 0.3) is 0 Å². The molecule has 0 aromatic carbocycles. The van der Waals surface area contributed by atoms with Crippen LogP contribution in [0, 0.1) is 0 Å². The fourth-order valence-electron chi connectivity index (χ4n) is 2.11. The van der Waals surface area contributed by atoms with Gasteiger partial charge in [0.25, 0.3) is 0 Å². The quantitative estimate of drug-likeness (QED) is 0.357. The number of hydrogen-bond donors (Lipinski definition) is 1. The molecule has 1 N–H and O–H groups in total. The van der Waals surface area contributed by atoms with Gasteiger partial charge in [0.05, 0.1) is 6.10 Å². The van der Waals surface area contributed by atoms with E-state index < -0.39 is 0 Å². The van der Waals surface area contributed by atoms with Gasteiger partial charge < -0.3 is 9.84 Å². The second-order valence-corrected chi connectivity index (χ2v) is 5.05. The van der Waals surface area contributed by atoms with Crippen LogP contribution in [0.1, 0.15) is 65.2 Å². The van der Waals surface area contributed by atoms with Crippen molar-refractivity contribution in [3.8, 4) is 0 Å². The summed E-state index contributed by atoms with van der Waals surface area (Å²) in [4.78, 5) is 0. The first kappa shape index (κ1) is 14.7. The summed E-state index contributed by atoms with van der Waals surface area (Å²) in [6.45, 7) is 4.40. The van der Waals surface area contributed by atoms with Crippen molar-refractivity contribution in [3.63, 3.8) is 0 Å². The Morgan fingerprint density at radius 1 is 1.12 bits per heavy atom. The van der Waals surface area contributed by atoms with E-state index in [1.54, 1.807) is 0 Å². The standard InChI is InChI=1S/C15H28O2/c1-3-5-7-8-10-12-14-15(17-14)13(16)11-9-6-4-2/h10,12-16H,3-9,11H2,1-2H3/b12-10+/t13-,14-,15-/m0/s1. The predicted octanol–water partition coefficient (Wildman–Crippen LogP) is 3.83. The van der Waals surface area contributed by atoms with Crippen LogP contribution in [0.3, 0.4) is 0 Å². The Hall–Kier alpha value is -0.340. The topological polar surface area (TPSA) is 32.8 Å². The number of unbranched alkanes of at least 4 members (excludes halogenated alkanes) is 5. The largest absolute Gasteiger partial charge is 0.390 e.